The van der Waals surface area contributed by atoms with Gasteiger partial charge in [-0.1, -0.05) is 61.8 Å². The molecule has 2 atom stereocenters. The van der Waals surface area contributed by atoms with E-state index in [0.29, 0.717) is 5.41 Å². The predicted octanol–water partition coefficient (Wildman–Crippen LogP) is 5.77. The summed E-state index contributed by atoms with van der Waals surface area (Å²) in [5, 5.41) is 0. The van der Waals surface area contributed by atoms with Crippen LogP contribution in [0.4, 0.5) is 0 Å². The summed E-state index contributed by atoms with van der Waals surface area (Å²) in [7, 11) is 0. The molecule has 16 heavy (non-hydrogen) atoms. The molecule has 0 aromatic rings. The summed E-state index contributed by atoms with van der Waals surface area (Å²) in [6, 6.07) is 0. The van der Waals surface area contributed by atoms with E-state index >= 15 is 0 Å². The van der Waals surface area contributed by atoms with Crippen LogP contribution < -0.4 is 0 Å². The lowest BCUT2D eigenvalue weighted by atomic mass is 9.64. The third kappa shape index (κ3) is 4.89. The number of hydrogen-bond donors (Lipinski definition) is 0. The van der Waals surface area contributed by atoms with Gasteiger partial charge in [0.05, 0.1) is 0 Å². The zero-order chi connectivity index (χ0) is 12.9. The summed E-state index contributed by atoms with van der Waals surface area (Å²) in [4.78, 5) is 0. The van der Waals surface area contributed by atoms with Crippen molar-refractivity contribution in [2.75, 3.05) is 0 Å². The van der Waals surface area contributed by atoms with Gasteiger partial charge in [0.25, 0.3) is 0 Å². The van der Waals surface area contributed by atoms with Gasteiger partial charge in [-0.2, -0.15) is 0 Å². The van der Waals surface area contributed by atoms with E-state index in [1.54, 1.807) is 0 Å². The van der Waals surface area contributed by atoms with Crippen LogP contribution in [-0.2, 0) is 0 Å². The molecule has 0 heterocycles. The minimum Gasteiger partial charge on any atom is -0.0651 e. The minimum absolute atomic E-state index is 0.526. The van der Waals surface area contributed by atoms with E-state index in [1.165, 1.54) is 19.3 Å². The molecule has 0 saturated heterocycles. The highest BCUT2D eigenvalue weighted by molar-refractivity contribution is 4.84. The minimum atomic E-state index is 0.526. The maximum Gasteiger partial charge on any atom is -0.0293 e. The van der Waals surface area contributed by atoms with Gasteiger partial charge in [-0.05, 0) is 41.9 Å². The van der Waals surface area contributed by atoms with Crippen molar-refractivity contribution in [3.05, 3.63) is 0 Å². The van der Waals surface area contributed by atoms with E-state index in [9.17, 15) is 0 Å². The Labute approximate surface area is 104 Å². The molecule has 0 aromatic heterocycles. The van der Waals surface area contributed by atoms with Crippen LogP contribution in [0.5, 0.6) is 0 Å². The zero-order valence-corrected chi connectivity index (χ0v) is 12.9. The Kier molecular flexibility index (Phi) is 6.67. The molecule has 0 aliphatic carbocycles. The van der Waals surface area contributed by atoms with Crippen molar-refractivity contribution in [3.8, 4) is 0 Å². The average molecular weight is 226 g/mol. The van der Waals surface area contributed by atoms with Crippen LogP contribution in [-0.4, -0.2) is 0 Å². The van der Waals surface area contributed by atoms with Crippen molar-refractivity contribution in [1.29, 1.82) is 0 Å². The Hall–Kier alpha value is 0. The molecule has 0 aliphatic rings. The van der Waals surface area contributed by atoms with E-state index < -0.39 is 0 Å². The lowest BCUT2D eigenvalue weighted by Gasteiger charge is -2.41. The second kappa shape index (κ2) is 6.67. The molecule has 0 N–H and O–H groups in total. The lowest BCUT2D eigenvalue weighted by Crippen LogP contribution is -2.32. The lowest BCUT2D eigenvalue weighted by molar-refractivity contribution is 0.0837. The van der Waals surface area contributed by atoms with Crippen molar-refractivity contribution in [1.82, 2.24) is 0 Å². The fraction of sp³-hybridized carbons (Fsp3) is 1.00. The van der Waals surface area contributed by atoms with E-state index in [-0.39, 0.29) is 0 Å². The third-order valence-electron chi connectivity index (χ3n) is 4.35. The molecule has 0 aliphatic heterocycles. The quantitative estimate of drug-likeness (QED) is 0.517. The van der Waals surface area contributed by atoms with Crippen LogP contribution in [0.25, 0.3) is 0 Å². The third-order valence-corrected chi connectivity index (χ3v) is 4.35. The van der Waals surface area contributed by atoms with Crippen LogP contribution in [0.2, 0.25) is 0 Å². The van der Waals surface area contributed by atoms with E-state index in [2.05, 4.69) is 55.4 Å². The molecule has 0 bridgehead atoms. The van der Waals surface area contributed by atoms with Gasteiger partial charge in [-0.15, -0.1) is 0 Å². The van der Waals surface area contributed by atoms with Gasteiger partial charge in [0.1, 0.15) is 0 Å². The summed E-state index contributed by atoms with van der Waals surface area (Å²) in [6.07, 6.45) is 4.06. The molecule has 0 heteroatoms. The van der Waals surface area contributed by atoms with Gasteiger partial charge >= 0.3 is 0 Å². The number of hydrogen-bond acceptors (Lipinski definition) is 0. The molecule has 98 valence electrons. The van der Waals surface area contributed by atoms with Crippen LogP contribution in [0.15, 0.2) is 0 Å². The van der Waals surface area contributed by atoms with E-state index in [4.69, 9.17) is 0 Å². The fourth-order valence-electron chi connectivity index (χ4n) is 3.36. The van der Waals surface area contributed by atoms with Crippen LogP contribution in [0.3, 0.4) is 0 Å². The Morgan fingerprint density at radius 2 is 1.19 bits per heavy atom. The maximum absolute atomic E-state index is 2.52. The molecule has 2 unspecified atom stereocenters. The number of rotatable bonds is 7. The van der Waals surface area contributed by atoms with Crippen LogP contribution in [0.1, 0.15) is 74.7 Å². The summed E-state index contributed by atoms with van der Waals surface area (Å²) in [6.45, 7) is 19.2. The molecule has 0 spiro atoms. The molecule has 0 radical (unpaired) electrons. The second-order valence-corrected chi connectivity index (χ2v) is 7.02. The molecular formula is C16H34. The zero-order valence-electron chi connectivity index (χ0n) is 12.9. The van der Waals surface area contributed by atoms with Crippen LogP contribution in [0, 0.1) is 29.1 Å². The fourth-order valence-corrected chi connectivity index (χ4v) is 3.36. The normalized spacial score (nSPS) is 16.9. The first kappa shape index (κ1) is 16.0. The first-order valence-corrected chi connectivity index (χ1v) is 7.23. The van der Waals surface area contributed by atoms with Crippen molar-refractivity contribution >= 4 is 0 Å². The summed E-state index contributed by atoms with van der Waals surface area (Å²) < 4.78 is 0. The Balaban J connectivity index is 4.75. The first-order valence-electron chi connectivity index (χ1n) is 7.23. The topological polar surface area (TPSA) is 0 Å². The van der Waals surface area contributed by atoms with E-state index in [1.807, 2.05) is 0 Å². The van der Waals surface area contributed by atoms with Crippen molar-refractivity contribution in [2.24, 2.45) is 29.1 Å². The molecule has 0 fully saturated rings. The Morgan fingerprint density at radius 3 is 1.44 bits per heavy atom. The molecule has 0 rings (SSSR count). The SMILES string of the molecule is CCC(C)C(C)C(C)(CC(C)C)CC(C)C. The standard InChI is InChI=1S/C16H34/c1-9-14(6)15(7)16(8,10-12(2)3)11-13(4)5/h12-15H,9-11H2,1-8H3. The largest absolute Gasteiger partial charge is 0.0651 e. The smallest absolute Gasteiger partial charge is 0.0293 e. The first-order chi connectivity index (χ1) is 7.23. The van der Waals surface area contributed by atoms with Crippen molar-refractivity contribution in [2.45, 2.75) is 74.7 Å². The van der Waals surface area contributed by atoms with Crippen LogP contribution >= 0.6 is 0 Å². The molecule has 0 saturated carbocycles. The molecule has 0 nitrogen and oxygen atoms in total. The monoisotopic (exact) mass is 226 g/mol. The Morgan fingerprint density at radius 1 is 0.812 bits per heavy atom. The highest BCUT2D eigenvalue weighted by atomic mass is 14.4. The highest BCUT2D eigenvalue weighted by Crippen LogP contribution is 2.44. The van der Waals surface area contributed by atoms with E-state index in [0.717, 1.165) is 23.7 Å². The molecule has 0 amide bonds. The van der Waals surface area contributed by atoms with Gasteiger partial charge in [0.2, 0.25) is 0 Å². The highest BCUT2D eigenvalue weighted by Gasteiger charge is 2.34. The van der Waals surface area contributed by atoms with Gasteiger partial charge in [-0.25, -0.2) is 0 Å². The van der Waals surface area contributed by atoms with Crippen molar-refractivity contribution in [3.63, 3.8) is 0 Å². The van der Waals surface area contributed by atoms with Gasteiger partial charge in [0, 0.05) is 0 Å². The average Bonchev–Trinajstić information content (AvgIpc) is 2.12. The van der Waals surface area contributed by atoms with Gasteiger partial charge in [-0.3, -0.25) is 0 Å². The summed E-state index contributed by atoms with van der Waals surface area (Å²) in [5.41, 5.74) is 0.526. The molecular weight excluding hydrogens is 192 g/mol. The second-order valence-electron chi connectivity index (χ2n) is 7.02. The van der Waals surface area contributed by atoms with Crippen molar-refractivity contribution < 1.29 is 0 Å². The maximum atomic E-state index is 2.52. The molecule has 0 aromatic carbocycles. The summed E-state index contributed by atoms with van der Waals surface area (Å²) >= 11 is 0. The van der Waals surface area contributed by atoms with Gasteiger partial charge < -0.3 is 0 Å². The predicted molar refractivity (Wildman–Crippen MR) is 75.6 cm³/mol. The van der Waals surface area contributed by atoms with Gasteiger partial charge in [0.15, 0.2) is 0 Å². The summed E-state index contributed by atoms with van der Waals surface area (Å²) in [5.74, 6) is 3.32. The Bertz CT molecular complexity index is 168.